The van der Waals surface area contributed by atoms with Crippen LogP contribution in [0.1, 0.15) is 15.9 Å². The number of carbonyl (C=O) groups is 1. The average Bonchev–Trinajstić information content (AvgIpc) is 2.55. The van der Waals surface area contributed by atoms with E-state index in [1.807, 2.05) is 6.07 Å². The molecule has 0 fully saturated rings. The maximum atomic E-state index is 11.9. The van der Waals surface area contributed by atoms with Crippen LogP contribution in [0.4, 0.5) is 5.69 Å². The van der Waals surface area contributed by atoms with Crippen LogP contribution in [-0.4, -0.2) is 24.2 Å². The molecule has 1 amide bonds. The third-order valence-corrected chi connectivity index (χ3v) is 3.72. The second-order valence-corrected chi connectivity index (χ2v) is 5.56. The molecule has 0 aliphatic heterocycles. The zero-order valence-electron chi connectivity index (χ0n) is 12.0. The molecule has 0 spiro atoms. The molecule has 118 valence electrons. The molecule has 2 rings (SSSR count). The Morgan fingerprint density at radius 1 is 1.35 bits per heavy atom. The van der Waals surface area contributed by atoms with E-state index in [9.17, 15) is 14.9 Å². The average molecular weight is 425 g/mol. The number of nitro groups is 1. The van der Waals surface area contributed by atoms with Crippen LogP contribution in [0.5, 0.6) is 5.75 Å². The predicted octanol–water partition coefficient (Wildman–Crippen LogP) is 2.97. The first-order valence-electron chi connectivity index (χ1n) is 6.42. The summed E-state index contributed by atoms with van der Waals surface area (Å²) in [6.07, 6.45) is 1.48. The Morgan fingerprint density at radius 3 is 2.78 bits per heavy atom. The Hall–Kier alpha value is -2.49. The van der Waals surface area contributed by atoms with Gasteiger partial charge in [-0.1, -0.05) is 6.07 Å². The SMILES string of the molecule is COc1ccc(/C=N/NC(=O)c2cccc([N+](=O)[O-])c2)cc1I. The van der Waals surface area contributed by atoms with Crippen LogP contribution in [0, 0.1) is 13.7 Å². The lowest BCUT2D eigenvalue weighted by Crippen LogP contribution is -2.17. The lowest BCUT2D eigenvalue weighted by molar-refractivity contribution is -0.384. The molecule has 23 heavy (non-hydrogen) atoms. The van der Waals surface area contributed by atoms with Crippen molar-refractivity contribution in [3.8, 4) is 5.75 Å². The van der Waals surface area contributed by atoms with Crippen LogP contribution in [0.3, 0.4) is 0 Å². The second kappa shape index (κ2) is 7.68. The maximum Gasteiger partial charge on any atom is 0.271 e. The zero-order chi connectivity index (χ0) is 16.8. The first-order chi connectivity index (χ1) is 11.0. The zero-order valence-corrected chi connectivity index (χ0v) is 14.2. The molecule has 0 radical (unpaired) electrons. The Labute approximate surface area is 145 Å². The van der Waals surface area contributed by atoms with Gasteiger partial charge in [-0.3, -0.25) is 14.9 Å². The van der Waals surface area contributed by atoms with Gasteiger partial charge in [-0.2, -0.15) is 5.10 Å². The van der Waals surface area contributed by atoms with Gasteiger partial charge in [-0.15, -0.1) is 0 Å². The summed E-state index contributed by atoms with van der Waals surface area (Å²) in [5, 5.41) is 14.5. The molecule has 2 aromatic carbocycles. The molecule has 1 N–H and O–H groups in total. The van der Waals surface area contributed by atoms with Gasteiger partial charge in [-0.05, 0) is 52.4 Å². The fourth-order valence-corrected chi connectivity index (χ4v) is 2.51. The first-order valence-corrected chi connectivity index (χ1v) is 7.50. The van der Waals surface area contributed by atoms with Crippen molar-refractivity contribution >= 4 is 40.4 Å². The fourth-order valence-electron chi connectivity index (χ4n) is 1.75. The molecule has 2 aromatic rings. The van der Waals surface area contributed by atoms with Gasteiger partial charge in [0.05, 0.1) is 21.8 Å². The molecule has 0 aliphatic rings. The van der Waals surface area contributed by atoms with Gasteiger partial charge in [0.15, 0.2) is 0 Å². The third kappa shape index (κ3) is 4.49. The van der Waals surface area contributed by atoms with Crippen molar-refractivity contribution in [2.45, 2.75) is 0 Å². The van der Waals surface area contributed by atoms with E-state index >= 15 is 0 Å². The van der Waals surface area contributed by atoms with E-state index in [2.05, 4.69) is 33.1 Å². The quantitative estimate of drug-likeness (QED) is 0.345. The summed E-state index contributed by atoms with van der Waals surface area (Å²) in [6.45, 7) is 0. The Kier molecular flexibility index (Phi) is 5.63. The van der Waals surface area contributed by atoms with E-state index in [-0.39, 0.29) is 11.3 Å². The molecule has 8 heteroatoms. The van der Waals surface area contributed by atoms with E-state index in [4.69, 9.17) is 4.74 Å². The number of amides is 1. The number of nitrogens with one attached hydrogen (secondary N) is 1. The number of nitro benzene ring substituents is 1. The highest BCUT2D eigenvalue weighted by atomic mass is 127. The minimum Gasteiger partial charge on any atom is -0.496 e. The molecule has 0 saturated heterocycles. The minimum atomic E-state index is -0.556. The van der Waals surface area contributed by atoms with Crippen LogP contribution in [0.15, 0.2) is 47.6 Å². The van der Waals surface area contributed by atoms with Crippen LogP contribution in [0.25, 0.3) is 0 Å². The molecular weight excluding hydrogens is 413 g/mol. The molecule has 0 atom stereocenters. The number of benzene rings is 2. The molecule has 0 aromatic heterocycles. The Bertz CT molecular complexity index is 777. The van der Waals surface area contributed by atoms with Crippen molar-refractivity contribution in [3.63, 3.8) is 0 Å². The monoisotopic (exact) mass is 425 g/mol. The summed E-state index contributed by atoms with van der Waals surface area (Å²) in [5.41, 5.74) is 3.14. The van der Waals surface area contributed by atoms with Crippen LogP contribution in [0.2, 0.25) is 0 Å². The highest BCUT2D eigenvalue weighted by Crippen LogP contribution is 2.20. The molecule has 0 saturated carbocycles. The van der Waals surface area contributed by atoms with Crippen LogP contribution >= 0.6 is 22.6 Å². The number of carbonyl (C=O) groups excluding carboxylic acids is 1. The van der Waals surface area contributed by atoms with E-state index in [0.717, 1.165) is 14.9 Å². The van der Waals surface area contributed by atoms with Crippen molar-refractivity contribution in [3.05, 3.63) is 67.3 Å². The van der Waals surface area contributed by atoms with E-state index in [0.29, 0.717) is 0 Å². The predicted molar refractivity (Wildman–Crippen MR) is 93.9 cm³/mol. The summed E-state index contributed by atoms with van der Waals surface area (Å²) in [6, 6.07) is 10.9. The summed E-state index contributed by atoms with van der Waals surface area (Å²) >= 11 is 2.13. The first kappa shape index (κ1) is 16.9. The lowest BCUT2D eigenvalue weighted by Gasteiger charge is -2.03. The third-order valence-electron chi connectivity index (χ3n) is 2.87. The topological polar surface area (TPSA) is 93.8 Å². The maximum absolute atomic E-state index is 11.9. The van der Waals surface area contributed by atoms with Crippen molar-refractivity contribution < 1.29 is 14.5 Å². The highest BCUT2D eigenvalue weighted by molar-refractivity contribution is 14.1. The molecule has 0 unspecified atom stereocenters. The van der Waals surface area contributed by atoms with Crippen LogP contribution in [-0.2, 0) is 0 Å². The van der Waals surface area contributed by atoms with E-state index in [1.165, 1.54) is 30.5 Å². The summed E-state index contributed by atoms with van der Waals surface area (Å²) in [4.78, 5) is 22.0. The number of ether oxygens (including phenoxy) is 1. The fraction of sp³-hybridized carbons (Fsp3) is 0.0667. The second-order valence-electron chi connectivity index (χ2n) is 4.40. The molecule has 7 nitrogen and oxygen atoms in total. The van der Waals surface area contributed by atoms with Crippen molar-refractivity contribution in [1.29, 1.82) is 0 Å². The number of hydrazone groups is 1. The molecular formula is C15H12IN3O4. The number of hydrogen-bond acceptors (Lipinski definition) is 5. The normalized spacial score (nSPS) is 10.5. The number of hydrogen-bond donors (Lipinski definition) is 1. The lowest BCUT2D eigenvalue weighted by atomic mass is 10.2. The van der Waals surface area contributed by atoms with Gasteiger partial charge in [0.1, 0.15) is 5.75 Å². The molecule has 0 aliphatic carbocycles. The number of nitrogens with zero attached hydrogens (tertiary/aromatic N) is 2. The summed E-state index contributed by atoms with van der Waals surface area (Å²) in [5.74, 6) is 0.233. The number of methoxy groups -OCH3 is 1. The number of non-ortho nitro benzene ring substituents is 1. The van der Waals surface area contributed by atoms with Gasteiger partial charge in [0, 0.05) is 17.7 Å². The highest BCUT2D eigenvalue weighted by Gasteiger charge is 2.10. The Balaban J connectivity index is 2.05. The summed E-state index contributed by atoms with van der Waals surface area (Å²) < 4.78 is 6.07. The van der Waals surface area contributed by atoms with Crippen molar-refractivity contribution in [2.24, 2.45) is 5.10 Å². The van der Waals surface area contributed by atoms with Crippen LogP contribution < -0.4 is 10.2 Å². The summed E-state index contributed by atoms with van der Waals surface area (Å²) in [7, 11) is 1.59. The Morgan fingerprint density at radius 2 is 2.13 bits per heavy atom. The van der Waals surface area contributed by atoms with E-state index < -0.39 is 10.8 Å². The van der Waals surface area contributed by atoms with Crippen molar-refractivity contribution in [1.82, 2.24) is 5.43 Å². The van der Waals surface area contributed by atoms with Gasteiger partial charge in [0.2, 0.25) is 0 Å². The van der Waals surface area contributed by atoms with Gasteiger partial charge >= 0.3 is 0 Å². The largest absolute Gasteiger partial charge is 0.496 e. The minimum absolute atomic E-state index is 0.147. The van der Waals surface area contributed by atoms with Gasteiger partial charge in [0.25, 0.3) is 11.6 Å². The number of halogens is 1. The van der Waals surface area contributed by atoms with Crippen molar-refractivity contribution in [2.75, 3.05) is 7.11 Å². The van der Waals surface area contributed by atoms with E-state index in [1.54, 1.807) is 19.2 Å². The number of rotatable bonds is 5. The smallest absolute Gasteiger partial charge is 0.271 e. The standard InChI is InChI=1S/C15H12IN3O4/c1-23-14-6-5-10(7-13(14)16)9-17-18-15(20)11-3-2-4-12(8-11)19(21)22/h2-9H,1H3,(H,18,20)/b17-9+. The van der Waals surface area contributed by atoms with Gasteiger partial charge in [-0.25, -0.2) is 5.43 Å². The molecule has 0 bridgehead atoms. The van der Waals surface area contributed by atoms with Gasteiger partial charge < -0.3 is 4.74 Å². The molecule has 0 heterocycles.